The Morgan fingerprint density at radius 1 is 1.10 bits per heavy atom. The molecule has 8 heteroatoms. The van der Waals surface area contributed by atoms with E-state index in [-0.39, 0.29) is 28.0 Å². The molecule has 0 spiro atoms. The number of carbonyl (C=O) groups excluding carboxylic acids is 2. The average molecular weight is 393 g/mol. The summed E-state index contributed by atoms with van der Waals surface area (Å²) in [5, 5.41) is 4.06. The highest BCUT2D eigenvalue weighted by molar-refractivity contribution is 5.96. The maximum absolute atomic E-state index is 14.5. The van der Waals surface area contributed by atoms with Gasteiger partial charge in [-0.05, 0) is 12.1 Å². The fourth-order valence-corrected chi connectivity index (χ4v) is 3.04. The maximum Gasteiger partial charge on any atom is 0.343 e. The van der Waals surface area contributed by atoms with Crippen molar-refractivity contribution in [3.63, 3.8) is 0 Å². The van der Waals surface area contributed by atoms with Crippen LogP contribution in [0.15, 0.2) is 54.9 Å². The van der Waals surface area contributed by atoms with Crippen molar-refractivity contribution in [3.8, 4) is 22.4 Å². The Morgan fingerprint density at radius 3 is 2.41 bits per heavy atom. The van der Waals surface area contributed by atoms with E-state index in [9.17, 15) is 18.4 Å². The molecule has 0 aliphatic carbocycles. The molecule has 0 saturated carbocycles. The molecule has 0 bridgehead atoms. The van der Waals surface area contributed by atoms with Crippen molar-refractivity contribution in [2.75, 3.05) is 7.11 Å². The highest BCUT2D eigenvalue weighted by Crippen LogP contribution is 2.34. The third-order valence-corrected chi connectivity index (χ3v) is 4.45. The second-order valence-electron chi connectivity index (χ2n) is 6.16. The second-order valence-corrected chi connectivity index (χ2v) is 6.16. The minimum Gasteiger partial charge on any atom is -0.465 e. The van der Waals surface area contributed by atoms with Gasteiger partial charge in [-0.1, -0.05) is 30.3 Å². The highest BCUT2D eigenvalue weighted by atomic mass is 19.1. The van der Waals surface area contributed by atoms with E-state index in [2.05, 4.69) is 10.1 Å². The number of methoxy groups -OCH3 is 1. The van der Waals surface area contributed by atoms with Gasteiger partial charge in [0, 0.05) is 22.9 Å². The van der Waals surface area contributed by atoms with Crippen LogP contribution in [-0.2, 0) is 4.74 Å². The molecular formula is C21H13F2N3O3. The molecular weight excluding hydrogens is 380 g/mol. The number of esters is 1. The Labute approximate surface area is 163 Å². The van der Waals surface area contributed by atoms with E-state index < -0.39 is 17.6 Å². The number of rotatable bonds is 4. The molecule has 0 N–H and O–H groups in total. The zero-order valence-corrected chi connectivity index (χ0v) is 15.1. The number of hydrogen-bond donors (Lipinski definition) is 0. The molecule has 2 aromatic heterocycles. The fraction of sp³-hybridized carbons (Fsp3) is 0.0476. The van der Waals surface area contributed by atoms with Crippen molar-refractivity contribution < 1.29 is 23.1 Å². The molecule has 0 amide bonds. The van der Waals surface area contributed by atoms with Crippen LogP contribution in [0.5, 0.6) is 0 Å². The first-order valence-electron chi connectivity index (χ1n) is 8.50. The van der Waals surface area contributed by atoms with Crippen LogP contribution in [0.4, 0.5) is 8.78 Å². The number of nitrogens with zero attached hydrogens (tertiary/aromatic N) is 3. The van der Waals surface area contributed by atoms with Crippen LogP contribution >= 0.6 is 0 Å². The van der Waals surface area contributed by atoms with E-state index in [1.54, 1.807) is 24.3 Å². The van der Waals surface area contributed by atoms with Crippen molar-refractivity contribution in [3.05, 3.63) is 77.6 Å². The van der Waals surface area contributed by atoms with Crippen LogP contribution in [0.3, 0.4) is 0 Å². The molecule has 0 aliphatic heterocycles. The van der Waals surface area contributed by atoms with Crippen molar-refractivity contribution >= 4 is 17.9 Å². The van der Waals surface area contributed by atoms with E-state index in [0.29, 0.717) is 17.4 Å². The molecule has 144 valence electrons. The number of halogens is 2. The quantitative estimate of drug-likeness (QED) is 0.388. The number of carbonyl (C=O) groups is 2. The molecule has 2 aromatic carbocycles. The van der Waals surface area contributed by atoms with Crippen LogP contribution in [0.1, 0.15) is 20.7 Å². The smallest absolute Gasteiger partial charge is 0.343 e. The summed E-state index contributed by atoms with van der Waals surface area (Å²) in [7, 11) is 1.23. The van der Waals surface area contributed by atoms with Crippen molar-refractivity contribution in [2.45, 2.75) is 0 Å². The number of aldehydes is 1. The second kappa shape index (κ2) is 7.23. The molecule has 0 atom stereocenters. The van der Waals surface area contributed by atoms with Crippen molar-refractivity contribution in [2.24, 2.45) is 0 Å². The number of aromatic nitrogens is 3. The minimum atomic E-state index is -0.766. The summed E-state index contributed by atoms with van der Waals surface area (Å²) in [6.07, 6.45) is 3.36. The van der Waals surface area contributed by atoms with Gasteiger partial charge in [0.05, 0.1) is 24.6 Å². The van der Waals surface area contributed by atoms with Crippen LogP contribution in [-0.4, -0.2) is 34.0 Å². The molecule has 29 heavy (non-hydrogen) atoms. The first-order valence-corrected chi connectivity index (χ1v) is 8.50. The van der Waals surface area contributed by atoms with Crippen LogP contribution in [0.25, 0.3) is 28.0 Å². The monoisotopic (exact) mass is 393 g/mol. The predicted octanol–water partition coefficient (Wildman–Crippen LogP) is 3.94. The Balaban J connectivity index is 2.05. The summed E-state index contributed by atoms with van der Waals surface area (Å²) >= 11 is 0. The van der Waals surface area contributed by atoms with Crippen LogP contribution in [0.2, 0.25) is 0 Å². The summed E-state index contributed by atoms with van der Waals surface area (Å²) < 4.78 is 35.0. The van der Waals surface area contributed by atoms with Crippen LogP contribution < -0.4 is 0 Å². The molecule has 0 aliphatic rings. The zero-order chi connectivity index (χ0) is 20.5. The lowest BCUT2D eigenvalue weighted by Crippen LogP contribution is -2.04. The van der Waals surface area contributed by atoms with E-state index in [4.69, 9.17) is 4.74 Å². The fourth-order valence-electron chi connectivity index (χ4n) is 3.04. The van der Waals surface area contributed by atoms with Gasteiger partial charge in [-0.3, -0.25) is 4.79 Å². The third-order valence-electron chi connectivity index (χ3n) is 4.45. The Kier molecular flexibility index (Phi) is 4.59. The number of benzene rings is 2. The summed E-state index contributed by atoms with van der Waals surface area (Å²) in [5.74, 6) is -2.17. The van der Waals surface area contributed by atoms with E-state index >= 15 is 0 Å². The Hall–Kier alpha value is -3.94. The van der Waals surface area contributed by atoms with E-state index in [1.165, 1.54) is 30.1 Å². The summed E-state index contributed by atoms with van der Waals surface area (Å²) in [6, 6.07) is 9.90. The van der Waals surface area contributed by atoms with Gasteiger partial charge in [0.1, 0.15) is 23.5 Å². The summed E-state index contributed by atoms with van der Waals surface area (Å²) in [4.78, 5) is 27.4. The van der Waals surface area contributed by atoms with E-state index in [0.717, 1.165) is 12.1 Å². The lowest BCUT2D eigenvalue weighted by atomic mass is 9.99. The summed E-state index contributed by atoms with van der Waals surface area (Å²) in [6.45, 7) is 0. The van der Waals surface area contributed by atoms with Gasteiger partial charge in [-0.2, -0.15) is 5.10 Å². The molecule has 4 aromatic rings. The summed E-state index contributed by atoms with van der Waals surface area (Å²) in [5.41, 5.74) is 1.33. The molecule has 0 radical (unpaired) electrons. The van der Waals surface area contributed by atoms with E-state index in [1.807, 2.05) is 0 Å². The molecule has 0 saturated heterocycles. The Bertz CT molecular complexity index is 1230. The highest BCUT2D eigenvalue weighted by Gasteiger charge is 2.22. The lowest BCUT2D eigenvalue weighted by molar-refractivity contribution is 0.0602. The largest absolute Gasteiger partial charge is 0.465 e. The SMILES string of the molecule is COC(=O)c1cnn2cc(-c3c(F)cccc3F)c(-c3ccc(C=O)cc3)nc12. The standard InChI is InChI=1S/C21H13F2N3O3/c1-29-21(28)14-9-24-26-10-15(18-16(22)3-2-4-17(18)23)19(25-20(14)26)13-7-5-12(11-27)6-8-13/h2-11H,1H3. The van der Waals surface area contributed by atoms with Gasteiger partial charge >= 0.3 is 5.97 Å². The molecule has 0 unspecified atom stereocenters. The normalized spacial score (nSPS) is 10.9. The van der Waals surface area contributed by atoms with Crippen molar-refractivity contribution in [1.82, 2.24) is 14.6 Å². The average Bonchev–Trinajstić information content (AvgIpc) is 3.15. The number of ether oxygens (including phenoxy) is 1. The minimum absolute atomic E-state index is 0.110. The van der Waals surface area contributed by atoms with Gasteiger partial charge < -0.3 is 4.74 Å². The molecule has 6 nitrogen and oxygen atoms in total. The van der Waals surface area contributed by atoms with Gasteiger partial charge in [-0.15, -0.1) is 0 Å². The third kappa shape index (κ3) is 3.14. The first kappa shape index (κ1) is 18.4. The van der Waals surface area contributed by atoms with Gasteiger partial charge in [0.2, 0.25) is 0 Å². The zero-order valence-electron chi connectivity index (χ0n) is 15.1. The van der Waals surface area contributed by atoms with Gasteiger partial charge in [0.15, 0.2) is 5.65 Å². The Morgan fingerprint density at radius 2 is 1.79 bits per heavy atom. The van der Waals surface area contributed by atoms with Crippen LogP contribution in [0, 0.1) is 11.6 Å². The molecule has 2 heterocycles. The van der Waals surface area contributed by atoms with Gasteiger partial charge in [-0.25, -0.2) is 23.1 Å². The topological polar surface area (TPSA) is 73.6 Å². The maximum atomic E-state index is 14.5. The van der Waals surface area contributed by atoms with Crippen molar-refractivity contribution in [1.29, 1.82) is 0 Å². The number of hydrogen-bond acceptors (Lipinski definition) is 5. The molecule has 4 rings (SSSR count). The van der Waals surface area contributed by atoms with Gasteiger partial charge in [0.25, 0.3) is 0 Å². The predicted molar refractivity (Wildman–Crippen MR) is 101 cm³/mol. The first-order chi connectivity index (χ1) is 14.0. The number of fused-ring (bicyclic) bond motifs is 1. The molecule has 0 fully saturated rings. The lowest BCUT2D eigenvalue weighted by Gasteiger charge is -2.12.